The van der Waals surface area contributed by atoms with Gasteiger partial charge in [0, 0.05) is 12.4 Å². The number of hydrogen-bond acceptors (Lipinski definition) is 3. The Morgan fingerprint density at radius 2 is 1.80 bits per heavy atom. The van der Waals surface area contributed by atoms with Crippen LogP contribution in [0.5, 0.6) is 0 Å². The molecule has 1 heterocycles. The molecule has 86 valence electrons. The van der Waals surface area contributed by atoms with Gasteiger partial charge in [-0.25, -0.2) is 13.6 Å². The minimum absolute atomic E-state index is 0. The molecular weight excluding hydrogens is 257 g/mol. The molecule has 0 unspecified atom stereocenters. The standard InChI is InChI=1S/C6H5F3N2O2S.ClH/c7-6(8,9)4-1-5(3-11-2-4)14(10,12)13;/h1-3H,(H2,10,12,13);1H. The Hall–Kier alpha value is -0.860. The van der Waals surface area contributed by atoms with E-state index in [0.717, 1.165) is 6.20 Å². The molecule has 0 bridgehead atoms. The lowest BCUT2D eigenvalue weighted by atomic mass is 10.3. The molecule has 0 saturated heterocycles. The van der Waals surface area contributed by atoms with Gasteiger partial charge in [-0.05, 0) is 6.07 Å². The first-order valence-corrected chi connectivity index (χ1v) is 4.81. The third kappa shape index (κ3) is 3.65. The number of alkyl halides is 3. The summed E-state index contributed by atoms with van der Waals surface area (Å²) in [5.74, 6) is 0. The molecule has 0 aromatic carbocycles. The average Bonchev–Trinajstić information content (AvgIpc) is 2.01. The molecule has 1 rings (SSSR count). The van der Waals surface area contributed by atoms with Crippen molar-refractivity contribution in [1.29, 1.82) is 0 Å². The molecule has 0 saturated carbocycles. The topological polar surface area (TPSA) is 73.1 Å². The van der Waals surface area contributed by atoms with Gasteiger partial charge < -0.3 is 0 Å². The molecule has 4 nitrogen and oxygen atoms in total. The van der Waals surface area contributed by atoms with E-state index < -0.39 is 26.7 Å². The Kier molecular flexibility index (Phi) is 4.08. The second kappa shape index (κ2) is 4.33. The van der Waals surface area contributed by atoms with Crippen LogP contribution in [-0.4, -0.2) is 13.4 Å². The van der Waals surface area contributed by atoms with Gasteiger partial charge in [0.15, 0.2) is 0 Å². The first-order valence-electron chi connectivity index (χ1n) is 3.26. The molecule has 0 aliphatic carbocycles. The van der Waals surface area contributed by atoms with Crippen LogP contribution in [0.25, 0.3) is 0 Å². The SMILES string of the molecule is Cl.NS(=O)(=O)c1cncc(C(F)(F)F)c1. The number of nitrogens with two attached hydrogens (primary N) is 1. The van der Waals surface area contributed by atoms with E-state index in [9.17, 15) is 21.6 Å². The quantitative estimate of drug-likeness (QED) is 0.826. The zero-order valence-corrected chi connectivity index (χ0v) is 8.66. The van der Waals surface area contributed by atoms with Crippen molar-refractivity contribution >= 4 is 22.4 Å². The van der Waals surface area contributed by atoms with E-state index in [4.69, 9.17) is 0 Å². The maximum absolute atomic E-state index is 12.1. The van der Waals surface area contributed by atoms with Crippen LogP contribution in [0.4, 0.5) is 13.2 Å². The lowest BCUT2D eigenvalue weighted by Gasteiger charge is -2.06. The minimum Gasteiger partial charge on any atom is -0.263 e. The lowest BCUT2D eigenvalue weighted by molar-refractivity contribution is -0.138. The van der Waals surface area contributed by atoms with Crippen molar-refractivity contribution in [2.24, 2.45) is 5.14 Å². The highest BCUT2D eigenvalue weighted by Gasteiger charge is 2.31. The van der Waals surface area contributed by atoms with Gasteiger partial charge in [-0.1, -0.05) is 0 Å². The van der Waals surface area contributed by atoms with Crippen LogP contribution in [0.1, 0.15) is 5.56 Å². The van der Waals surface area contributed by atoms with Crippen molar-refractivity contribution in [3.63, 3.8) is 0 Å². The Labute approximate surface area is 89.8 Å². The molecule has 2 N–H and O–H groups in total. The van der Waals surface area contributed by atoms with E-state index >= 15 is 0 Å². The molecule has 0 atom stereocenters. The Morgan fingerprint density at radius 3 is 2.20 bits per heavy atom. The summed E-state index contributed by atoms with van der Waals surface area (Å²) in [6.45, 7) is 0. The molecule has 1 aromatic heterocycles. The van der Waals surface area contributed by atoms with E-state index in [-0.39, 0.29) is 12.4 Å². The molecular formula is C6H6ClF3N2O2S. The van der Waals surface area contributed by atoms with Crippen LogP contribution >= 0.6 is 12.4 Å². The van der Waals surface area contributed by atoms with E-state index in [1.165, 1.54) is 0 Å². The maximum atomic E-state index is 12.1. The van der Waals surface area contributed by atoms with Crippen molar-refractivity contribution in [1.82, 2.24) is 4.98 Å². The van der Waals surface area contributed by atoms with Crippen molar-refractivity contribution in [2.75, 3.05) is 0 Å². The molecule has 0 aliphatic rings. The fraction of sp³-hybridized carbons (Fsp3) is 0.167. The van der Waals surface area contributed by atoms with Gasteiger partial charge in [0.1, 0.15) is 4.90 Å². The van der Waals surface area contributed by atoms with Gasteiger partial charge in [0.05, 0.1) is 5.56 Å². The number of nitrogens with zero attached hydrogens (tertiary/aromatic N) is 1. The summed E-state index contributed by atoms with van der Waals surface area (Å²) in [4.78, 5) is 2.48. The fourth-order valence-electron chi connectivity index (χ4n) is 0.729. The maximum Gasteiger partial charge on any atom is 0.417 e. The normalized spacial score (nSPS) is 12.0. The van der Waals surface area contributed by atoms with Crippen LogP contribution in [0, 0.1) is 0 Å². The number of hydrogen-bond donors (Lipinski definition) is 1. The number of halogens is 4. The summed E-state index contributed by atoms with van der Waals surface area (Å²) in [6.07, 6.45) is -3.35. The molecule has 0 fully saturated rings. The highest BCUT2D eigenvalue weighted by molar-refractivity contribution is 7.89. The third-order valence-corrected chi connectivity index (χ3v) is 2.25. The van der Waals surface area contributed by atoms with Gasteiger partial charge in [0.25, 0.3) is 0 Å². The van der Waals surface area contributed by atoms with Gasteiger partial charge in [-0.3, -0.25) is 4.98 Å². The van der Waals surface area contributed by atoms with Gasteiger partial charge in [-0.2, -0.15) is 13.2 Å². The van der Waals surface area contributed by atoms with Crippen LogP contribution in [0.2, 0.25) is 0 Å². The lowest BCUT2D eigenvalue weighted by Crippen LogP contribution is -2.14. The molecule has 9 heteroatoms. The number of sulfonamides is 1. The molecule has 0 aliphatic heterocycles. The Morgan fingerprint density at radius 1 is 1.27 bits per heavy atom. The average molecular weight is 263 g/mol. The summed E-state index contributed by atoms with van der Waals surface area (Å²) in [5.41, 5.74) is -1.15. The molecule has 1 aromatic rings. The number of pyridine rings is 1. The van der Waals surface area contributed by atoms with Crippen LogP contribution < -0.4 is 5.14 Å². The zero-order valence-electron chi connectivity index (χ0n) is 7.02. The number of aromatic nitrogens is 1. The zero-order chi connectivity index (χ0) is 11.0. The molecule has 0 radical (unpaired) electrons. The van der Waals surface area contributed by atoms with Gasteiger partial charge in [-0.15, -0.1) is 12.4 Å². The van der Waals surface area contributed by atoms with Crippen LogP contribution in [-0.2, 0) is 16.2 Å². The number of rotatable bonds is 1. The summed E-state index contributed by atoms with van der Waals surface area (Å²) >= 11 is 0. The van der Waals surface area contributed by atoms with Gasteiger partial charge >= 0.3 is 6.18 Å². The van der Waals surface area contributed by atoms with Crippen molar-refractivity contribution in [2.45, 2.75) is 11.1 Å². The number of primary sulfonamides is 1. The second-order valence-electron chi connectivity index (χ2n) is 2.45. The van der Waals surface area contributed by atoms with Crippen molar-refractivity contribution in [3.8, 4) is 0 Å². The molecule has 0 amide bonds. The van der Waals surface area contributed by atoms with E-state index in [0.29, 0.717) is 12.3 Å². The second-order valence-corrected chi connectivity index (χ2v) is 4.01. The Bertz CT molecular complexity index is 446. The van der Waals surface area contributed by atoms with Crippen LogP contribution in [0.15, 0.2) is 23.4 Å². The summed E-state index contributed by atoms with van der Waals surface area (Å²) in [5, 5.41) is 4.63. The van der Waals surface area contributed by atoms with Crippen molar-refractivity contribution < 1.29 is 21.6 Å². The van der Waals surface area contributed by atoms with E-state index in [2.05, 4.69) is 10.1 Å². The summed E-state index contributed by atoms with van der Waals surface area (Å²) in [6, 6.07) is 0.433. The Balaban J connectivity index is 0.00000196. The van der Waals surface area contributed by atoms with Gasteiger partial charge in [0.2, 0.25) is 10.0 Å². The first-order chi connectivity index (χ1) is 6.21. The third-order valence-electron chi connectivity index (χ3n) is 1.37. The minimum atomic E-state index is -4.63. The smallest absolute Gasteiger partial charge is 0.263 e. The summed E-state index contributed by atoms with van der Waals surface area (Å²) in [7, 11) is -4.15. The predicted molar refractivity (Wildman–Crippen MR) is 47.9 cm³/mol. The highest BCUT2D eigenvalue weighted by atomic mass is 35.5. The molecule has 15 heavy (non-hydrogen) atoms. The van der Waals surface area contributed by atoms with Crippen molar-refractivity contribution in [3.05, 3.63) is 24.0 Å². The first kappa shape index (κ1) is 14.1. The fourth-order valence-corrected chi connectivity index (χ4v) is 1.23. The molecule has 0 spiro atoms. The highest BCUT2D eigenvalue weighted by Crippen LogP contribution is 2.29. The predicted octanol–water partition coefficient (Wildman–Crippen LogP) is 1.17. The van der Waals surface area contributed by atoms with E-state index in [1.54, 1.807) is 0 Å². The van der Waals surface area contributed by atoms with Crippen LogP contribution in [0.3, 0.4) is 0 Å². The largest absolute Gasteiger partial charge is 0.417 e. The summed E-state index contributed by atoms with van der Waals surface area (Å²) < 4.78 is 57.6. The van der Waals surface area contributed by atoms with E-state index in [1.807, 2.05) is 0 Å². The monoisotopic (exact) mass is 262 g/mol.